The Hall–Kier alpha value is 0.580. The van der Waals surface area contributed by atoms with E-state index in [1.54, 1.807) is 0 Å². The van der Waals surface area contributed by atoms with Crippen molar-refractivity contribution in [3.63, 3.8) is 0 Å². The van der Waals surface area contributed by atoms with Crippen molar-refractivity contribution in [2.75, 3.05) is 44.5 Å². The first-order valence-corrected chi connectivity index (χ1v) is 10.6. The molecule has 0 radical (unpaired) electrons. The summed E-state index contributed by atoms with van der Waals surface area (Å²) in [5.41, 5.74) is 0. The van der Waals surface area contributed by atoms with Crippen molar-refractivity contribution in [2.45, 2.75) is 53.1 Å². The van der Waals surface area contributed by atoms with Crippen molar-refractivity contribution in [3.05, 3.63) is 0 Å². The third kappa shape index (κ3) is 20.6. The molecule has 0 N–H and O–H groups in total. The zero-order valence-corrected chi connectivity index (χ0v) is 15.9. The Morgan fingerprint density at radius 2 is 1.29 bits per heavy atom. The summed E-state index contributed by atoms with van der Waals surface area (Å²) in [5.74, 6) is 3.08. The van der Waals surface area contributed by atoms with Gasteiger partial charge in [-0.3, -0.25) is 0 Å². The Morgan fingerprint density at radius 1 is 0.714 bits per heavy atom. The molecule has 0 aliphatic carbocycles. The van der Waals surface area contributed by atoms with Crippen LogP contribution in [0.4, 0.5) is 0 Å². The molecule has 0 heterocycles. The Balaban J connectivity index is 2.96. The lowest BCUT2D eigenvalue weighted by atomic mass is 10.1. The van der Waals surface area contributed by atoms with Gasteiger partial charge < -0.3 is 14.2 Å². The smallest absolute Gasteiger partial charge is 0.0703 e. The summed E-state index contributed by atoms with van der Waals surface area (Å²) in [4.78, 5) is 0. The summed E-state index contributed by atoms with van der Waals surface area (Å²) in [6.07, 6.45) is 3.74. The molecule has 0 saturated heterocycles. The zero-order valence-electron chi connectivity index (χ0n) is 14.3. The van der Waals surface area contributed by atoms with Crippen molar-refractivity contribution in [3.8, 4) is 0 Å². The molecule has 5 heteroatoms. The van der Waals surface area contributed by atoms with Crippen molar-refractivity contribution >= 4 is 21.6 Å². The molecule has 0 aromatic rings. The van der Waals surface area contributed by atoms with Crippen LogP contribution in [0.15, 0.2) is 0 Å². The van der Waals surface area contributed by atoms with Crippen LogP contribution in [0.2, 0.25) is 0 Å². The molecule has 0 bridgehead atoms. The molecule has 128 valence electrons. The quantitative estimate of drug-likeness (QED) is 0.302. The van der Waals surface area contributed by atoms with E-state index in [0.29, 0.717) is 19.3 Å². The fourth-order valence-corrected chi connectivity index (χ4v) is 3.54. The summed E-state index contributed by atoms with van der Waals surface area (Å²) in [5, 5.41) is 0. The molecule has 3 nitrogen and oxygen atoms in total. The molecule has 0 unspecified atom stereocenters. The van der Waals surface area contributed by atoms with Crippen molar-refractivity contribution in [2.24, 2.45) is 5.92 Å². The van der Waals surface area contributed by atoms with Gasteiger partial charge in [-0.2, -0.15) is 0 Å². The van der Waals surface area contributed by atoms with Gasteiger partial charge in [0.2, 0.25) is 0 Å². The minimum Gasteiger partial charge on any atom is -0.381 e. The predicted molar refractivity (Wildman–Crippen MR) is 96.3 cm³/mol. The van der Waals surface area contributed by atoms with Crippen LogP contribution in [0.5, 0.6) is 0 Å². The Kier molecular flexibility index (Phi) is 17.4. The minimum absolute atomic E-state index is 0.301. The molecule has 0 atom stereocenters. The van der Waals surface area contributed by atoms with Crippen LogP contribution in [0.3, 0.4) is 0 Å². The average molecular weight is 339 g/mol. The van der Waals surface area contributed by atoms with Crippen LogP contribution in [-0.4, -0.2) is 50.6 Å². The third-order valence-electron chi connectivity index (χ3n) is 2.63. The van der Waals surface area contributed by atoms with Gasteiger partial charge in [-0.25, -0.2) is 0 Å². The highest BCUT2D eigenvalue weighted by Crippen LogP contribution is 2.22. The predicted octanol–water partition coefficient (Wildman–Crippen LogP) is 4.65. The second-order valence-electron chi connectivity index (χ2n) is 5.68. The fourth-order valence-electron chi connectivity index (χ4n) is 1.42. The Bertz CT molecular complexity index is 182. The molecule has 0 spiro atoms. The molecule has 0 aromatic heterocycles. The highest BCUT2D eigenvalue weighted by molar-refractivity contribution is 8.76. The fraction of sp³-hybridized carbons (Fsp3) is 1.00. The molecule has 0 fully saturated rings. The SMILES string of the molecule is CC(C)CCOCCCSSCCCOCCOC(C)C. The summed E-state index contributed by atoms with van der Waals surface area (Å²) >= 11 is 0. The van der Waals surface area contributed by atoms with E-state index in [9.17, 15) is 0 Å². The van der Waals surface area contributed by atoms with Gasteiger partial charge in [0, 0.05) is 31.3 Å². The van der Waals surface area contributed by atoms with Gasteiger partial charge in [-0.15, -0.1) is 0 Å². The highest BCUT2D eigenvalue weighted by atomic mass is 33.1. The molecule has 0 aliphatic heterocycles. The maximum absolute atomic E-state index is 5.59. The summed E-state index contributed by atoms with van der Waals surface area (Å²) in [6.45, 7) is 12.6. The van der Waals surface area contributed by atoms with E-state index < -0.39 is 0 Å². The monoisotopic (exact) mass is 338 g/mol. The lowest BCUT2D eigenvalue weighted by Gasteiger charge is -2.08. The van der Waals surface area contributed by atoms with Gasteiger partial charge in [-0.05, 0) is 39.0 Å². The number of hydrogen-bond donors (Lipinski definition) is 0. The van der Waals surface area contributed by atoms with E-state index in [2.05, 4.69) is 13.8 Å². The largest absolute Gasteiger partial charge is 0.381 e. The molecule has 21 heavy (non-hydrogen) atoms. The molecule has 0 aliphatic rings. The van der Waals surface area contributed by atoms with Crippen molar-refractivity contribution in [1.82, 2.24) is 0 Å². The number of ether oxygens (including phenoxy) is 3. The van der Waals surface area contributed by atoms with Gasteiger partial charge >= 0.3 is 0 Å². The van der Waals surface area contributed by atoms with Gasteiger partial charge in [-0.1, -0.05) is 35.4 Å². The van der Waals surface area contributed by atoms with Gasteiger partial charge in [0.1, 0.15) is 0 Å². The average Bonchev–Trinajstić information content (AvgIpc) is 2.42. The van der Waals surface area contributed by atoms with Gasteiger partial charge in [0.15, 0.2) is 0 Å². The first-order valence-electron chi connectivity index (χ1n) is 8.14. The summed E-state index contributed by atoms with van der Waals surface area (Å²) in [7, 11) is 3.89. The topological polar surface area (TPSA) is 27.7 Å². The van der Waals surface area contributed by atoms with Crippen LogP contribution >= 0.6 is 21.6 Å². The van der Waals surface area contributed by atoms with Crippen molar-refractivity contribution in [1.29, 1.82) is 0 Å². The minimum atomic E-state index is 0.301. The first-order chi connectivity index (χ1) is 10.1. The Labute approximate surface area is 139 Å². The molecular formula is C16H34O3S2. The number of rotatable bonds is 16. The Morgan fingerprint density at radius 3 is 1.81 bits per heavy atom. The van der Waals surface area contributed by atoms with E-state index in [1.165, 1.54) is 12.2 Å². The van der Waals surface area contributed by atoms with Gasteiger partial charge in [0.05, 0.1) is 19.3 Å². The maximum atomic E-state index is 5.59. The molecule has 0 saturated carbocycles. The molecule has 0 rings (SSSR count). The van der Waals surface area contributed by atoms with Crippen LogP contribution in [0, 0.1) is 5.92 Å². The lowest BCUT2D eigenvalue weighted by Crippen LogP contribution is -2.10. The van der Waals surface area contributed by atoms with E-state index >= 15 is 0 Å². The highest BCUT2D eigenvalue weighted by Gasteiger charge is 1.96. The van der Waals surface area contributed by atoms with Crippen LogP contribution in [0.25, 0.3) is 0 Å². The van der Waals surface area contributed by atoms with E-state index in [1.807, 2.05) is 35.4 Å². The van der Waals surface area contributed by atoms with Crippen LogP contribution in [-0.2, 0) is 14.2 Å². The van der Waals surface area contributed by atoms with Gasteiger partial charge in [0.25, 0.3) is 0 Å². The maximum Gasteiger partial charge on any atom is 0.0703 e. The summed E-state index contributed by atoms with van der Waals surface area (Å²) < 4.78 is 16.5. The second kappa shape index (κ2) is 16.9. The third-order valence-corrected chi connectivity index (χ3v) is 5.21. The molecular weight excluding hydrogens is 304 g/mol. The zero-order chi connectivity index (χ0) is 15.8. The molecule has 0 aromatic carbocycles. The van der Waals surface area contributed by atoms with Crippen LogP contribution in [0.1, 0.15) is 47.0 Å². The first kappa shape index (κ1) is 21.6. The van der Waals surface area contributed by atoms with E-state index in [4.69, 9.17) is 14.2 Å². The van der Waals surface area contributed by atoms with Crippen molar-refractivity contribution < 1.29 is 14.2 Å². The van der Waals surface area contributed by atoms with E-state index in [-0.39, 0.29) is 0 Å². The standard InChI is InChI=1S/C16H34O3S2/c1-15(2)7-10-17-8-5-13-20-21-14-6-9-18-11-12-19-16(3)4/h15-16H,5-14H2,1-4H3. The second-order valence-corrected chi connectivity index (χ2v) is 8.38. The summed E-state index contributed by atoms with van der Waals surface area (Å²) in [6, 6.07) is 0. The normalized spacial score (nSPS) is 11.7. The lowest BCUT2D eigenvalue weighted by molar-refractivity contribution is 0.0199. The molecule has 0 amide bonds. The number of hydrogen-bond acceptors (Lipinski definition) is 5. The van der Waals surface area contributed by atoms with Crippen LogP contribution < -0.4 is 0 Å². The van der Waals surface area contributed by atoms with E-state index in [0.717, 1.165) is 44.3 Å².